The second-order valence-corrected chi connectivity index (χ2v) is 8.29. The Hall–Kier alpha value is -2.83. The highest BCUT2D eigenvalue weighted by molar-refractivity contribution is 5.67. The SMILES string of the molecule is CCOC(=O)N1CCC(Nc2nccc(Nc3ccccc3C(C)(C)C)n2)CC1. The van der Waals surface area contributed by atoms with Gasteiger partial charge in [0.15, 0.2) is 0 Å². The Morgan fingerprint density at radius 3 is 2.62 bits per heavy atom. The van der Waals surface area contributed by atoms with Crippen LogP contribution in [0.15, 0.2) is 36.5 Å². The van der Waals surface area contributed by atoms with E-state index in [1.54, 1.807) is 11.1 Å². The molecule has 7 nitrogen and oxygen atoms in total. The van der Waals surface area contributed by atoms with E-state index in [0.29, 0.717) is 25.6 Å². The second kappa shape index (κ2) is 9.11. The first-order chi connectivity index (χ1) is 13.9. The van der Waals surface area contributed by atoms with Crippen molar-refractivity contribution in [1.82, 2.24) is 14.9 Å². The highest BCUT2D eigenvalue weighted by Gasteiger charge is 2.24. The Balaban J connectivity index is 1.62. The number of aromatic nitrogens is 2. The maximum atomic E-state index is 11.8. The summed E-state index contributed by atoms with van der Waals surface area (Å²) in [6.45, 7) is 10.2. The molecule has 1 aromatic carbocycles. The number of amides is 1. The number of piperidine rings is 1. The van der Waals surface area contributed by atoms with Crippen LogP contribution in [0.4, 0.5) is 22.2 Å². The lowest BCUT2D eigenvalue weighted by atomic mass is 9.86. The number of carbonyl (C=O) groups is 1. The third-order valence-corrected chi connectivity index (χ3v) is 5.01. The van der Waals surface area contributed by atoms with Gasteiger partial charge in [0, 0.05) is 31.0 Å². The summed E-state index contributed by atoms with van der Waals surface area (Å²) < 4.78 is 5.07. The van der Waals surface area contributed by atoms with Crippen LogP contribution in [0.1, 0.15) is 46.1 Å². The van der Waals surface area contributed by atoms with E-state index in [0.717, 1.165) is 24.3 Å². The van der Waals surface area contributed by atoms with Gasteiger partial charge in [-0.3, -0.25) is 0 Å². The average molecular weight is 398 g/mol. The Labute approximate surface area is 172 Å². The van der Waals surface area contributed by atoms with E-state index in [4.69, 9.17) is 4.74 Å². The maximum absolute atomic E-state index is 11.8. The van der Waals surface area contributed by atoms with E-state index >= 15 is 0 Å². The van der Waals surface area contributed by atoms with E-state index in [1.807, 2.05) is 19.1 Å². The molecule has 2 heterocycles. The number of para-hydroxylation sites is 1. The molecule has 1 aliphatic heterocycles. The number of likely N-dealkylation sites (tertiary alicyclic amines) is 1. The van der Waals surface area contributed by atoms with Crippen molar-refractivity contribution in [3.8, 4) is 0 Å². The summed E-state index contributed by atoms with van der Waals surface area (Å²) in [5.41, 5.74) is 2.32. The highest BCUT2D eigenvalue weighted by Crippen LogP contribution is 2.31. The Bertz CT molecular complexity index is 826. The van der Waals surface area contributed by atoms with Crippen LogP contribution in [-0.2, 0) is 10.2 Å². The van der Waals surface area contributed by atoms with Crippen LogP contribution in [-0.4, -0.2) is 46.7 Å². The van der Waals surface area contributed by atoms with Crippen molar-refractivity contribution in [3.63, 3.8) is 0 Å². The second-order valence-electron chi connectivity index (χ2n) is 8.29. The number of carbonyl (C=O) groups excluding carboxylic acids is 1. The number of hydrogen-bond acceptors (Lipinski definition) is 6. The maximum Gasteiger partial charge on any atom is 0.409 e. The van der Waals surface area contributed by atoms with Crippen molar-refractivity contribution in [2.75, 3.05) is 30.3 Å². The number of rotatable bonds is 5. The van der Waals surface area contributed by atoms with Crippen molar-refractivity contribution >= 4 is 23.5 Å². The zero-order chi connectivity index (χ0) is 20.9. The van der Waals surface area contributed by atoms with Gasteiger partial charge < -0.3 is 20.3 Å². The number of anilines is 3. The van der Waals surface area contributed by atoms with E-state index < -0.39 is 0 Å². The van der Waals surface area contributed by atoms with Crippen LogP contribution >= 0.6 is 0 Å². The molecule has 2 N–H and O–H groups in total. The molecule has 1 amide bonds. The number of nitrogens with one attached hydrogen (secondary N) is 2. The van der Waals surface area contributed by atoms with E-state index in [2.05, 4.69) is 59.6 Å². The molecule has 0 radical (unpaired) electrons. The fourth-order valence-electron chi connectivity index (χ4n) is 3.49. The monoisotopic (exact) mass is 397 g/mol. The minimum Gasteiger partial charge on any atom is -0.450 e. The van der Waals surface area contributed by atoms with Crippen molar-refractivity contribution in [2.45, 2.75) is 52.0 Å². The molecule has 0 bridgehead atoms. The smallest absolute Gasteiger partial charge is 0.409 e. The summed E-state index contributed by atoms with van der Waals surface area (Å²) in [7, 11) is 0. The number of ether oxygens (including phenoxy) is 1. The van der Waals surface area contributed by atoms with Crippen LogP contribution < -0.4 is 10.6 Å². The van der Waals surface area contributed by atoms with Gasteiger partial charge in [-0.1, -0.05) is 39.0 Å². The molecular formula is C22H31N5O2. The van der Waals surface area contributed by atoms with E-state index in [-0.39, 0.29) is 17.6 Å². The van der Waals surface area contributed by atoms with Gasteiger partial charge in [0.1, 0.15) is 5.82 Å². The van der Waals surface area contributed by atoms with Crippen molar-refractivity contribution < 1.29 is 9.53 Å². The fraction of sp³-hybridized carbons (Fsp3) is 0.500. The van der Waals surface area contributed by atoms with Gasteiger partial charge >= 0.3 is 6.09 Å². The first-order valence-electron chi connectivity index (χ1n) is 10.2. The van der Waals surface area contributed by atoms with Gasteiger partial charge in [-0.2, -0.15) is 4.98 Å². The van der Waals surface area contributed by atoms with Crippen LogP contribution in [0.5, 0.6) is 0 Å². The Kier molecular flexibility index (Phi) is 6.56. The molecule has 1 saturated heterocycles. The summed E-state index contributed by atoms with van der Waals surface area (Å²) in [5, 5.41) is 6.83. The Morgan fingerprint density at radius 1 is 1.21 bits per heavy atom. The molecule has 156 valence electrons. The van der Waals surface area contributed by atoms with E-state index in [1.165, 1.54) is 5.56 Å². The molecule has 0 unspecified atom stereocenters. The molecule has 1 aliphatic rings. The summed E-state index contributed by atoms with van der Waals surface area (Å²) in [6.07, 6.45) is 3.20. The predicted octanol–water partition coefficient (Wildman–Crippen LogP) is 4.55. The van der Waals surface area contributed by atoms with E-state index in [9.17, 15) is 4.79 Å². The molecule has 0 atom stereocenters. The molecule has 3 rings (SSSR count). The first-order valence-corrected chi connectivity index (χ1v) is 10.2. The minimum absolute atomic E-state index is 0.0323. The molecule has 0 spiro atoms. The fourth-order valence-corrected chi connectivity index (χ4v) is 3.49. The molecule has 1 aromatic heterocycles. The molecule has 1 fully saturated rings. The number of benzene rings is 1. The quantitative estimate of drug-likeness (QED) is 0.770. The third-order valence-electron chi connectivity index (χ3n) is 5.01. The molecule has 29 heavy (non-hydrogen) atoms. The topological polar surface area (TPSA) is 79.4 Å². The van der Waals surface area contributed by atoms with Gasteiger partial charge in [0.05, 0.1) is 6.61 Å². The molecule has 0 aliphatic carbocycles. The average Bonchev–Trinajstić information content (AvgIpc) is 2.69. The lowest BCUT2D eigenvalue weighted by Crippen LogP contribution is -2.42. The van der Waals surface area contributed by atoms with Crippen molar-refractivity contribution in [1.29, 1.82) is 0 Å². The molecule has 7 heteroatoms. The number of hydrogen-bond donors (Lipinski definition) is 2. The summed E-state index contributed by atoms with van der Waals surface area (Å²) in [5.74, 6) is 1.35. The number of nitrogens with zero attached hydrogens (tertiary/aromatic N) is 3. The van der Waals surface area contributed by atoms with Gasteiger partial charge in [-0.05, 0) is 42.9 Å². The van der Waals surface area contributed by atoms with Crippen LogP contribution in [0.2, 0.25) is 0 Å². The summed E-state index contributed by atoms with van der Waals surface area (Å²) >= 11 is 0. The Morgan fingerprint density at radius 2 is 1.93 bits per heavy atom. The molecular weight excluding hydrogens is 366 g/mol. The molecule has 0 saturated carbocycles. The zero-order valence-corrected chi connectivity index (χ0v) is 17.7. The lowest BCUT2D eigenvalue weighted by molar-refractivity contribution is 0.0983. The first kappa shape index (κ1) is 20.9. The third kappa shape index (κ3) is 5.59. The summed E-state index contributed by atoms with van der Waals surface area (Å²) in [6, 6.07) is 10.4. The van der Waals surface area contributed by atoms with Crippen LogP contribution in [0.3, 0.4) is 0 Å². The van der Waals surface area contributed by atoms with Crippen LogP contribution in [0, 0.1) is 0 Å². The van der Waals surface area contributed by atoms with Gasteiger partial charge in [-0.25, -0.2) is 9.78 Å². The normalized spacial score (nSPS) is 15.1. The van der Waals surface area contributed by atoms with Gasteiger partial charge in [0.25, 0.3) is 0 Å². The standard InChI is InChI=1S/C22H31N5O2/c1-5-29-21(28)27-14-11-16(12-15-27)24-20-23-13-10-19(26-20)25-18-9-7-6-8-17(18)22(2,3)4/h6-10,13,16H,5,11-12,14-15H2,1-4H3,(H2,23,24,25,26). The van der Waals surface area contributed by atoms with Crippen molar-refractivity contribution in [2.24, 2.45) is 0 Å². The summed E-state index contributed by atoms with van der Waals surface area (Å²) in [4.78, 5) is 22.6. The van der Waals surface area contributed by atoms with Gasteiger partial charge in [0.2, 0.25) is 5.95 Å². The van der Waals surface area contributed by atoms with Crippen LogP contribution in [0.25, 0.3) is 0 Å². The minimum atomic E-state index is -0.231. The highest BCUT2D eigenvalue weighted by atomic mass is 16.6. The molecule has 2 aromatic rings. The lowest BCUT2D eigenvalue weighted by Gasteiger charge is -2.31. The van der Waals surface area contributed by atoms with Gasteiger partial charge in [-0.15, -0.1) is 0 Å². The zero-order valence-electron chi connectivity index (χ0n) is 17.7. The largest absolute Gasteiger partial charge is 0.450 e. The van der Waals surface area contributed by atoms with Crippen molar-refractivity contribution in [3.05, 3.63) is 42.1 Å². The predicted molar refractivity (Wildman–Crippen MR) is 116 cm³/mol.